The summed E-state index contributed by atoms with van der Waals surface area (Å²) < 4.78 is 5.48. The number of benzene rings is 1. The van der Waals surface area contributed by atoms with Gasteiger partial charge in [0.05, 0.1) is 23.4 Å². The molecule has 1 amide bonds. The van der Waals surface area contributed by atoms with Crippen LogP contribution in [0.5, 0.6) is 0 Å². The van der Waals surface area contributed by atoms with E-state index in [-0.39, 0.29) is 12.0 Å². The number of fused-ring (bicyclic) bond motifs is 1. The van der Waals surface area contributed by atoms with E-state index < -0.39 is 0 Å². The van der Waals surface area contributed by atoms with Crippen LogP contribution in [0.1, 0.15) is 23.2 Å². The van der Waals surface area contributed by atoms with Gasteiger partial charge in [-0.25, -0.2) is 0 Å². The maximum Gasteiger partial charge on any atom is 0.253 e. The summed E-state index contributed by atoms with van der Waals surface area (Å²) >= 11 is 0. The van der Waals surface area contributed by atoms with Crippen molar-refractivity contribution in [2.24, 2.45) is 0 Å². The first-order valence-corrected chi connectivity index (χ1v) is 6.16. The summed E-state index contributed by atoms with van der Waals surface area (Å²) in [5.41, 5.74) is 1.41. The van der Waals surface area contributed by atoms with Crippen molar-refractivity contribution in [3.63, 3.8) is 0 Å². The molecule has 1 aromatic heterocycles. The molecule has 1 aliphatic heterocycles. The van der Waals surface area contributed by atoms with Crippen LogP contribution in [0.3, 0.4) is 0 Å². The number of para-hydroxylation sites is 1. The second-order valence-corrected chi connectivity index (χ2v) is 4.48. The topological polar surface area (TPSA) is 67.0 Å². The van der Waals surface area contributed by atoms with Crippen LogP contribution < -0.4 is 5.32 Å². The summed E-state index contributed by atoms with van der Waals surface area (Å²) in [6.07, 6.45) is 3.98. The van der Waals surface area contributed by atoms with Crippen LogP contribution in [-0.2, 0) is 4.74 Å². The van der Waals surface area contributed by atoms with Crippen LogP contribution in [0.2, 0.25) is 0 Å². The number of H-pyrrole nitrogens is 1. The molecule has 1 atom stereocenters. The number of hydrogen-bond donors (Lipinski definition) is 2. The first-order chi connectivity index (χ1) is 8.84. The molecule has 2 N–H and O–H groups in total. The van der Waals surface area contributed by atoms with Crippen molar-refractivity contribution in [3.8, 4) is 0 Å². The largest absolute Gasteiger partial charge is 0.376 e. The van der Waals surface area contributed by atoms with Gasteiger partial charge in [0.15, 0.2) is 0 Å². The van der Waals surface area contributed by atoms with Crippen LogP contribution in [0, 0.1) is 0 Å². The number of carbonyl (C=O) groups is 1. The summed E-state index contributed by atoms with van der Waals surface area (Å²) in [6.45, 7) is 1.38. The molecule has 1 saturated heterocycles. The van der Waals surface area contributed by atoms with Gasteiger partial charge in [-0.15, -0.1) is 0 Å². The average Bonchev–Trinajstić information content (AvgIpc) is 3.05. The number of aromatic amines is 1. The zero-order valence-corrected chi connectivity index (χ0v) is 9.98. The van der Waals surface area contributed by atoms with E-state index in [0.29, 0.717) is 12.1 Å². The Kier molecular flexibility index (Phi) is 2.98. The van der Waals surface area contributed by atoms with E-state index in [0.717, 1.165) is 30.4 Å². The number of nitrogens with one attached hydrogen (secondary N) is 2. The summed E-state index contributed by atoms with van der Waals surface area (Å²) in [6, 6.07) is 5.58. The quantitative estimate of drug-likeness (QED) is 0.860. The standard InChI is InChI=1S/C13H15N3O2/c17-13(14-8-10-4-2-6-18-10)11-5-1-3-9-7-15-16-12(9)11/h1,3,5,7,10H,2,4,6,8H2,(H,14,17)(H,15,16)/t10-/m1/s1. The monoisotopic (exact) mass is 245 g/mol. The third-order valence-electron chi connectivity index (χ3n) is 3.24. The van der Waals surface area contributed by atoms with Crippen molar-refractivity contribution < 1.29 is 9.53 Å². The van der Waals surface area contributed by atoms with Gasteiger partial charge in [0.1, 0.15) is 0 Å². The van der Waals surface area contributed by atoms with E-state index >= 15 is 0 Å². The molecule has 2 aromatic rings. The Morgan fingerprint density at radius 3 is 3.33 bits per heavy atom. The van der Waals surface area contributed by atoms with Gasteiger partial charge in [-0.05, 0) is 18.9 Å². The second-order valence-electron chi connectivity index (χ2n) is 4.48. The number of amides is 1. The van der Waals surface area contributed by atoms with Crippen molar-refractivity contribution in [1.82, 2.24) is 15.5 Å². The first kappa shape index (κ1) is 11.2. The Morgan fingerprint density at radius 1 is 1.56 bits per heavy atom. The lowest BCUT2D eigenvalue weighted by Crippen LogP contribution is -2.31. The van der Waals surface area contributed by atoms with E-state index in [9.17, 15) is 4.79 Å². The van der Waals surface area contributed by atoms with E-state index in [1.54, 1.807) is 12.3 Å². The normalized spacial score (nSPS) is 19.2. The van der Waals surface area contributed by atoms with Gasteiger partial charge >= 0.3 is 0 Å². The Balaban J connectivity index is 1.73. The van der Waals surface area contributed by atoms with Crippen molar-refractivity contribution in [1.29, 1.82) is 0 Å². The summed E-state index contributed by atoms with van der Waals surface area (Å²) in [7, 11) is 0. The molecule has 3 rings (SSSR count). The molecule has 18 heavy (non-hydrogen) atoms. The van der Waals surface area contributed by atoms with Crippen molar-refractivity contribution in [3.05, 3.63) is 30.0 Å². The van der Waals surface area contributed by atoms with Gasteiger partial charge in [-0.2, -0.15) is 5.10 Å². The van der Waals surface area contributed by atoms with Crippen molar-refractivity contribution in [2.75, 3.05) is 13.2 Å². The van der Waals surface area contributed by atoms with Gasteiger partial charge in [-0.3, -0.25) is 9.89 Å². The maximum atomic E-state index is 12.1. The maximum absolute atomic E-state index is 12.1. The highest BCUT2D eigenvalue weighted by Crippen LogP contribution is 2.16. The second kappa shape index (κ2) is 4.78. The van der Waals surface area contributed by atoms with Gasteiger partial charge in [0, 0.05) is 18.5 Å². The minimum absolute atomic E-state index is 0.0830. The lowest BCUT2D eigenvalue weighted by atomic mass is 10.1. The Hall–Kier alpha value is -1.88. The minimum Gasteiger partial charge on any atom is -0.376 e. The fourth-order valence-corrected chi connectivity index (χ4v) is 2.27. The molecule has 5 heteroatoms. The van der Waals surface area contributed by atoms with Crippen LogP contribution in [0.25, 0.3) is 10.9 Å². The van der Waals surface area contributed by atoms with Crippen LogP contribution >= 0.6 is 0 Å². The lowest BCUT2D eigenvalue weighted by molar-refractivity contribution is 0.0859. The Labute approximate surface area is 105 Å². The zero-order valence-electron chi connectivity index (χ0n) is 9.98. The number of carbonyl (C=O) groups excluding carboxylic acids is 1. The molecule has 2 heterocycles. The molecule has 0 bridgehead atoms. The highest BCUT2D eigenvalue weighted by atomic mass is 16.5. The van der Waals surface area contributed by atoms with Gasteiger partial charge in [0.25, 0.3) is 5.91 Å². The molecule has 1 aromatic carbocycles. The highest BCUT2D eigenvalue weighted by Gasteiger charge is 2.17. The molecule has 0 unspecified atom stereocenters. The third kappa shape index (κ3) is 2.09. The molecular weight excluding hydrogens is 230 g/mol. The molecule has 0 spiro atoms. The van der Waals surface area contributed by atoms with Crippen LogP contribution in [-0.4, -0.2) is 35.4 Å². The first-order valence-electron chi connectivity index (χ1n) is 6.16. The molecule has 0 radical (unpaired) electrons. The lowest BCUT2D eigenvalue weighted by Gasteiger charge is -2.11. The molecule has 0 saturated carbocycles. The fourth-order valence-electron chi connectivity index (χ4n) is 2.27. The molecule has 1 aliphatic rings. The number of nitrogens with zero attached hydrogens (tertiary/aromatic N) is 1. The molecular formula is C13H15N3O2. The molecule has 94 valence electrons. The molecule has 0 aliphatic carbocycles. The van der Waals surface area contributed by atoms with Crippen LogP contribution in [0.15, 0.2) is 24.4 Å². The SMILES string of the molecule is O=C(NC[C@H]1CCCO1)c1cccc2cn[nH]c12. The Bertz CT molecular complexity index is 558. The Morgan fingerprint density at radius 2 is 2.50 bits per heavy atom. The smallest absolute Gasteiger partial charge is 0.253 e. The van der Waals surface area contributed by atoms with Crippen molar-refractivity contribution >= 4 is 16.8 Å². The van der Waals surface area contributed by atoms with Gasteiger partial charge in [0.2, 0.25) is 0 Å². The van der Waals surface area contributed by atoms with Gasteiger partial charge in [-0.1, -0.05) is 12.1 Å². The van der Waals surface area contributed by atoms with Crippen LogP contribution in [0.4, 0.5) is 0 Å². The minimum atomic E-state index is -0.0830. The summed E-state index contributed by atoms with van der Waals surface area (Å²) in [5, 5.41) is 10.7. The number of aromatic nitrogens is 2. The number of rotatable bonds is 3. The number of ether oxygens (including phenoxy) is 1. The predicted octanol–water partition coefficient (Wildman–Crippen LogP) is 1.47. The van der Waals surface area contributed by atoms with E-state index in [1.807, 2.05) is 12.1 Å². The number of hydrogen-bond acceptors (Lipinski definition) is 3. The highest BCUT2D eigenvalue weighted by molar-refractivity contribution is 6.05. The molecule has 5 nitrogen and oxygen atoms in total. The van der Waals surface area contributed by atoms with Crippen molar-refractivity contribution in [2.45, 2.75) is 18.9 Å². The average molecular weight is 245 g/mol. The summed E-state index contributed by atoms with van der Waals surface area (Å²) in [4.78, 5) is 12.1. The fraction of sp³-hybridized carbons (Fsp3) is 0.385. The summed E-state index contributed by atoms with van der Waals surface area (Å²) in [5.74, 6) is -0.0830. The van der Waals surface area contributed by atoms with E-state index in [4.69, 9.17) is 4.74 Å². The van der Waals surface area contributed by atoms with E-state index in [2.05, 4.69) is 15.5 Å². The zero-order chi connectivity index (χ0) is 12.4. The predicted molar refractivity (Wildman–Crippen MR) is 67.4 cm³/mol. The third-order valence-corrected chi connectivity index (χ3v) is 3.24. The van der Waals surface area contributed by atoms with Gasteiger partial charge < -0.3 is 10.1 Å². The van der Waals surface area contributed by atoms with E-state index in [1.165, 1.54) is 0 Å². The molecule has 1 fully saturated rings.